The van der Waals surface area contributed by atoms with Gasteiger partial charge in [0.1, 0.15) is 0 Å². The van der Waals surface area contributed by atoms with Crippen LogP contribution in [0.4, 0.5) is 36.4 Å². The molecule has 9 heteroatoms. The van der Waals surface area contributed by atoms with E-state index >= 15 is 0 Å². The predicted molar refractivity (Wildman–Crippen MR) is 69.8 cm³/mol. The van der Waals surface area contributed by atoms with Gasteiger partial charge in [-0.1, -0.05) is 32.0 Å². The van der Waals surface area contributed by atoms with Crippen LogP contribution in [-0.2, 0) is 17.6 Å². The third kappa shape index (κ3) is 3.42. The van der Waals surface area contributed by atoms with Crippen molar-refractivity contribution in [3.05, 3.63) is 29.3 Å². The van der Waals surface area contributed by atoms with Gasteiger partial charge in [0, 0.05) is 5.69 Å². The van der Waals surface area contributed by atoms with E-state index < -0.39 is 23.9 Å². The van der Waals surface area contributed by atoms with E-state index in [-0.39, 0.29) is 18.5 Å². The third-order valence-corrected chi connectivity index (χ3v) is 3.27. The quantitative estimate of drug-likeness (QED) is 0.778. The lowest BCUT2D eigenvalue weighted by atomic mass is 10.0. The van der Waals surface area contributed by atoms with Gasteiger partial charge in [0.05, 0.1) is 0 Å². The number of aryl methyl sites for hydroxylation is 2. The second-order valence-electron chi connectivity index (χ2n) is 4.76. The topological polar surface area (TPSA) is 29.1 Å². The summed E-state index contributed by atoms with van der Waals surface area (Å²) in [6.45, 7) is 3.24. The van der Waals surface area contributed by atoms with E-state index in [4.69, 9.17) is 0 Å². The molecule has 0 saturated carbocycles. The summed E-state index contributed by atoms with van der Waals surface area (Å²) in [7, 11) is 0. The fraction of sp³-hybridized carbons (Fsp3) is 0.500. The molecule has 0 aliphatic heterocycles. The summed E-state index contributed by atoms with van der Waals surface area (Å²) in [5.74, 6) is -15.1. The molecule has 0 aliphatic carbocycles. The minimum absolute atomic E-state index is 0.167. The number of nitrogens with one attached hydrogen (secondary N) is 1. The average Bonchev–Trinajstić information content (AvgIpc) is 2.45. The molecule has 1 aromatic carbocycles. The van der Waals surface area contributed by atoms with E-state index in [2.05, 4.69) is 0 Å². The summed E-state index contributed by atoms with van der Waals surface area (Å²) in [6.07, 6.45) is -6.01. The zero-order chi connectivity index (χ0) is 18.1. The molecule has 0 aromatic heterocycles. The first-order valence-corrected chi connectivity index (χ1v) is 6.64. The summed E-state index contributed by atoms with van der Waals surface area (Å²) in [5.41, 5.74) is 0.535. The Bertz CT molecular complexity index is 559. The molecule has 0 unspecified atom stereocenters. The molecule has 130 valence electrons. The van der Waals surface area contributed by atoms with E-state index in [1.807, 2.05) is 0 Å². The van der Waals surface area contributed by atoms with Crippen molar-refractivity contribution in [2.24, 2.45) is 0 Å². The van der Waals surface area contributed by atoms with E-state index in [1.165, 1.54) is 17.4 Å². The molecular formula is C14H14F7NO. The number of carbonyl (C=O) groups is 1. The van der Waals surface area contributed by atoms with Gasteiger partial charge in [-0.15, -0.1) is 0 Å². The molecule has 0 spiro atoms. The third-order valence-electron chi connectivity index (χ3n) is 3.27. The van der Waals surface area contributed by atoms with Crippen LogP contribution in [0.5, 0.6) is 0 Å². The van der Waals surface area contributed by atoms with E-state index in [0.29, 0.717) is 11.1 Å². The fourth-order valence-electron chi connectivity index (χ4n) is 1.92. The molecule has 0 radical (unpaired) electrons. The number of hydrogen-bond donors (Lipinski definition) is 1. The van der Waals surface area contributed by atoms with Crippen LogP contribution in [0, 0.1) is 0 Å². The van der Waals surface area contributed by atoms with Crippen molar-refractivity contribution in [3.63, 3.8) is 0 Å². The second-order valence-corrected chi connectivity index (χ2v) is 4.76. The van der Waals surface area contributed by atoms with Gasteiger partial charge in [-0.25, -0.2) is 0 Å². The summed E-state index contributed by atoms with van der Waals surface area (Å²) in [6, 6.07) is 4.47. The number of amides is 1. The van der Waals surface area contributed by atoms with Crippen molar-refractivity contribution in [1.29, 1.82) is 0 Å². The Morgan fingerprint density at radius 2 is 1.39 bits per heavy atom. The molecule has 1 aromatic rings. The fourth-order valence-corrected chi connectivity index (χ4v) is 1.92. The minimum Gasteiger partial charge on any atom is -0.320 e. The average molecular weight is 345 g/mol. The molecule has 1 N–H and O–H groups in total. The maximum Gasteiger partial charge on any atom is 0.460 e. The predicted octanol–water partition coefficient (Wildman–Crippen LogP) is 4.58. The van der Waals surface area contributed by atoms with Crippen molar-refractivity contribution in [3.8, 4) is 0 Å². The molecule has 0 fully saturated rings. The first-order chi connectivity index (χ1) is 10.4. The Labute approximate surface area is 127 Å². The number of hydrogen-bond acceptors (Lipinski definition) is 1. The standard InChI is InChI=1S/C14H14F7NO/c1-3-8-6-5-7-9(4-2)10(8)22-11(23)12(15,16)13(17,18)14(19,20)21/h5-7H,3-4H2,1-2H3,(H,22,23). The highest BCUT2D eigenvalue weighted by Gasteiger charge is 2.76. The van der Waals surface area contributed by atoms with Crippen LogP contribution in [0.25, 0.3) is 0 Å². The van der Waals surface area contributed by atoms with Crippen LogP contribution in [0.3, 0.4) is 0 Å². The van der Waals surface area contributed by atoms with Crippen molar-refractivity contribution < 1.29 is 35.5 Å². The summed E-state index contributed by atoms with van der Waals surface area (Å²) in [5, 5.41) is 1.53. The Balaban J connectivity index is 3.23. The number of benzene rings is 1. The highest BCUT2D eigenvalue weighted by molar-refractivity contribution is 5.98. The smallest absolute Gasteiger partial charge is 0.320 e. The first kappa shape index (κ1) is 19.2. The first-order valence-electron chi connectivity index (χ1n) is 6.64. The monoisotopic (exact) mass is 345 g/mol. The van der Waals surface area contributed by atoms with E-state index in [1.54, 1.807) is 19.9 Å². The van der Waals surface area contributed by atoms with Gasteiger partial charge < -0.3 is 5.32 Å². The van der Waals surface area contributed by atoms with Crippen molar-refractivity contribution in [2.75, 3.05) is 5.32 Å². The molecule has 0 atom stereocenters. The highest BCUT2D eigenvalue weighted by atomic mass is 19.4. The number of para-hydroxylation sites is 1. The van der Waals surface area contributed by atoms with Gasteiger partial charge in [-0.2, -0.15) is 30.7 Å². The lowest BCUT2D eigenvalue weighted by molar-refractivity contribution is -0.343. The van der Waals surface area contributed by atoms with Crippen LogP contribution in [0.1, 0.15) is 25.0 Å². The van der Waals surface area contributed by atoms with E-state index in [9.17, 15) is 35.5 Å². The Morgan fingerprint density at radius 1 is 0.957 bits per heavy atom. The molecule has 0 saturated heterocycles. The summed E-state index contributed by atoms with van der Waals surface area (Å²) < 4.78 is 88.8. The largest absolute Gasteiger partial charge is 0.460 e. The molecule has 1 rings (SSSR count). The van der Waals surface area contributed by atoms with Gasteiger partial charge in [0.2, 0.25) is 0 Å². The Hall–Kier alpha value is -1.80. The van der Waals surface area contributed by atoms with Gasteiger partial charge in [-0.3, -0.25) is 4.79 Å². The van der Waals surface area contributed by atoms with Gasteiger partial charge in [-0.05, 0) is 24.0 Å². The molecule has 0 aliphatic rings. The molecule has 0 heterocycles. The van der Waals surface area contributed by atoms with Crippen LogP contribution in [0.15, 0.2) is 18.2 Å². The van der Waals surface area contributed by atoms with Crippen LogP contribution < -0.4 is 5.32 Å². The van der Waals surface area contributed by atoms with Crippen molar-refractivity contribution in [2.45, 2.75) is 44.7 Å². The maximum atomic E-state index is 13.4. The highest BCUT2D eigenvalue weighted by Crippen LogP contribution is 2.47. The number of anilines is 1. The summed E-state index contributed by atoms with van der Waals surface area (Å²) in [4.78, 5) is 11.4. The molecule has 2 nitrogen and oxygen atoms in total. The van der Waals surface area contributed by atoms with Gasteiger partial charge in [0.25, 0.3) is 0 Å². The molecule has 23 heavy (non-hydrogen) atoms. The number of carbonyl (C=O) groups excluding carboxylic acids is 1. The number of alkyl halides is 7. The summed E-state index contributed by atoms with van der Waals surface area (Å²) >= 11 is 0. The second kappa shape index (κ2) is 6.37. The van der Waals surface area contributed by atoms with Crippen molar-refractivity contribution >= 4 is 11.6 Å². The van der Waals surface area contributed by atoms with Crippen LogP contribution >= 0.6 is 0 Å². The van der Waals surface area contributed by atoms with E-state index in [0.717, 1.165) is 0 Å². The Morgan fingerprint density at radius 3 is 1.74 bits per heavy atom. The number of halogens is 7. The molecular weight excluding hydrogens is 331 g/mol. The lowest BCUT2D eigenvalue weighted by Gasteiger charge is -2.27. The zero-order valence-electron chi connectivity index (χ0n) is 12.2. The van der Waals surface area contributed by atoms with Crippen LogP contribution in [0.2, 0.25) is 0 Å². The van der Waals surface area contributed by atoms with Gasteiger partial charge >= 0.3 is 23.9 Å². The van der Waals surface area contributed by atoms with Crippen LogP contribution in [-0.4, -0.2) is 23.9 Å². The lowest BCUT2D eigenvalue weighted by Crippen LogP contribution is -2.57. The van der Waals surface area contributed by atoms with Crippen molar-refractivity contribution in [1.82, 2.24) is 0 Å². The maximum absolute atomic E-state index is 13.4. The molecule has 0 bridgehead atoms. The normalized spacial score (nSPS) is 13.1. The number of rotatable bonds is 5. The Kier molecular flexibility index (Phi) is 5.33. The molecule has 1 amide bonds. The minimum atomic E-state index is -6.55. The zero-order valence-corrected chi connectivity index (χ0v) is 12.2. The van der Waals surface area contributed by atoms with Gasteiger partial charge in [0.15, 0.2) is 0 Å². The SMILES string of the molecule is CCc1cccc(CC)c1NC(=O)C(F)(F)C(F)(F)C(F)(F)F.